The Kier molecular flexibility index (Phi) is 9.87. The van der Waals surface area contributed by atoms with Gasteiger partial charge in [0.1, 0.15) is 0 Å². The van der Waals surface area contributed by atoms with Gasteiger partial charge in [0, 0.05) is 26.4 Å². The molecule has 80 valence electrons. The zero-order chi connectivity index (χ0) is 9.94. The van der Waals surface area contributed by atoms with Gasteiger partial charge in [-0.15, -0.1) is 0 Å². The van der Waals surface area contributed by atoms with Crippen molar-refractivity contribution in [3.05, 3.63) is 0 Å². The smallest absolute Gasteiger partial charge is 0.0619 e. The van der Waals surface area contributed by atoms with Crippen LogP contribution in [0, 0.1) is 0 Å². The predicted molar refractivity (Wildman–Crippen MR) is 55.1 cm³/mol. The molecule has 3 heteroatoms. The quantitative estimate of drug-likeness (QED) is 0.557. The van der Waals surface area contributed by atoms with E-state index in [9.17, 15) is 0 Å². The summed E-state index contributed by atoms with van der Waals surface area (Å²) in [6.45, 7) is 7.71. The summed E-state index contributed by atoms with van der Waals surface area (Å²) in [7, 11) is 1.72. The summed E-state index contributed by atoms with van der Waals surface area (Å²) in [5.74, 6) is 0. The molecule has 0 rings (SSSR count). The molecule has 3 nitrogen and oxygen atoms in total. The molecule has 0 fully saturated rings. The summed E-state index contributed by atoms with van der Waals surface area (Å²) in [5.41, 5.74) is 0. The van der Waals surface area contributed by atoms with Gasteiger partial charge in [-0.25, -0.2) is 0 Å². The lowest BCUT2D eigenvalue weighted by Crippen LogP contribution is -2.32. The first-order valence-electron chi connectivity index (χ1n) is 5.15. The zero-order valence-electron chi connectivity index (χ0n) is 9.14. The second-order valence-electron chi connectivity index (χ2n) is 3.08. The Labute approximate surface area is 81.8 Å². The Hall–Kier alpha value is -0.120. The van der Waals surface area contributed by atoms with Crippen LogP contribution in [0.4, 0.5) is 0 Å². The highest BCUT2D eigenvalue weighted by molar-refractivity contribution is 4.61. The van der Waals surface area contributed by atoms with Crippen LogP contribution in [-0.2, 0) is 9.47 Å². The van der Waals surface area contributed by atoms with Gasteiger partial charge in [-0.1, -0.05) is 13.8 Å². The normalized spacial score (nSPS) is 13.2. The lowest BCUT2D eigenvalue weighted by molar-refractivity contribution is 0.0871. The summed E-state index contributed by atoms with van der Waals surface area (Å²) >= 11 is 0. The fourth-order valence-corrected chi connectivity index (χ4v) is 1.14. The van der Waals surface area contributed by atoms with E-state index < -0.39 is 0 Å². The minimum atomic E-state index is 0.507. The highest BCUT2D eigenvalue weighted by Gasteiger charge is 2.02. The SMILES string of the molecule is CCNC(CC)COCCCOC. The van der Waals surface area contributed by atoms with Crippen molar-refractivity contribution in [2.75, 3.05) is 33.5 Å². The van der Waals surface area contributed by atoms with Crippen LogP contribution in [0.3, 0.4) is 0 Å². The minimum Gasteiger partial charge on any atom is -0.385 e. The second kappa shape index (κ2) is 9.96. The van der Waals surface area contributed by atoms with Crippen molar-refractivity contribution < 1.29 is 9.47 Å². The molecule has 0 saturated carbocycles. The van der Waals surface area contributed by atoms with E-state index in [1.807, 2.05) is 0 Å². The summed E-state index contributed by atoms with van der Waals surface area (Å²) in [6.07, 6.45) is 2.11. The van der Waals surface area contributed by atoms with Crippen LogP contribution in [0.5, 0.6) is 0 Å². The van der Waals surface area contributed by atoms with Crippen LogP contribution in [0.15, 0.2) is 0 Å². The maximum Gasteiger partial charge on any atom is 0.0619 e. The van der Waals surface area contributed by atoms with E-state index in [2.05, 4.69) is 19.2 Å². The molecule has 13 heavy (non-hydrogen) atoms. The van der Waals surface area contributed by atoms with Crippen LogP contribution < -0.4 is 5.32 Å². The van der Waals surface area contributed by atoms with Crippen LogP contribution in [-0.4, -0.2) is 39.5 Å². The van der Waals surface area contributed by atoms with Gasteiger partial charge in [-0.2, -0.15) is 0 Å². The van der Waals surface area contributed by atoms with Gasteiger partial charge >= 0.3 is 0 Å². The van der Waals surface area contributed by atoms with Crippen molar-refractivity contribution >= 4 is 0 Å². The largest absolute Gasteiger partial charge is 0.385 e. The maximum atomic E-state index is 5.50. The molecule has 0 aliphatic rings. The van der Waals surface area contributed by atoms with Gasteiger partial charge in [-0.05, 0) is 19.4 Å². The zero-order valence-corrected chi connectivity index (χ0v) is 9.14. The van der Waals surface area contributed by atoms with Crippen molar-refractivity contribution in [1.82, 2.24) is 5.32 Å². The van der Waals surface area contributed by atoms with Gasteiger partial charge in [0.15, 0.2) is 0 Å². The lowest BCUT2D eigenvalue weighted by atomic mass is 10.2. The van der Waals surface area contributed by atoms with E-state index in [1.54, 1.807) is 7.11 Å². The van der Waals surface area contributed by atoms with Crippen molar-refractivity contribution in [2.45, 2.75) is 32.7 Å². The molecule has 0 aliphatic carbocycles. The maximum absolute atomic E-state index is 5.50. The van der Waals surface area contributed by atoms with Crippen LogP contribution in [0.2, 0.25) is 0 Å². The molecule has 0 aromatic rings. The molecule has 1 atom stereocenters. The molecule has 0 amide bonds. The summed E-state index contributed by atoms with van der Waals surface area (Å²) in [4.78, 5) is 0. The van der Waals surface area contributed by atoms with Crippen LogP contribution in [0.1, 0.15) is 26.7 Å². The monoisotopic (exact) mass is 189 g/mol. The number of hydrogen-bond acceptors (Lipinski definition) is 3. The summed E-state index contributed by atoms with van der Waals surface area (Å²) < 4.78 is 10.4. The van der Waals surface area contributed by atoms with Crippen molar-refractivity contribution in [1.29, 1.82) is 0 Å². The predicted octanol–water partition coefficient (Wildman–Crippen LogP) is 1.43. The number of ether oxygens (including phenoxy) is 2. The Morgan fingerprint density at radius 1 is 1.23 bits per heavy atom. The third kappa shape index (κ3) is 8.22. The van der Waals surface area contributed by atoms with E-state index in [-0.39, 0.29) is 0 Å². The van der Waals surface area contributed by atoms with Gasteiger partial charge in [0.25, 0.3) is 0 Å². The van der Waals surface area contributed by atoms with E-state index in [1.165, 1.54) is 0 Å². The van der Waals surface area contributed by atoms with Crippen LogP contribution >= 0.6 is 0 Å². The van der Waals surface area contributed by atoms with E-state index in [4.69, 9.17) is 9.47 Å². The van der Waals surface area contributed by atoms with Crippen LogP contribution in [0.25, 0.3) is 0 Å². The molecule has 0 spiro atoms. The Morgan fingerprint density at radius 3 is 2.54 bits per heavy atom. The second-order valence-corrected chi connectivity index (χ2v) is 3.08. The minimum absolute atomic E-state index is 0.507. The average Bonchev–Trinajstić information content (AvgIpc) is 2.16. The molecule has 1 unspecified atom stereocenters. The Morgan fingerprint density at radius 2 is 2.00 bits per heavy atom. The number of nitrogens with one attached hydrogen (secondary N) is 1. The molecule has 0 heterocycles. The first-order chi connectivity index (χ1) is 6.35. The van der Waals surface area contributed by atoms with E-state index in [0.29, 0.717) is 6.04 Å². The molecule has 0 aromatic carbocycles. The van der Waals surface area contributed by atoms with Gasteiger partial charge in [0.2, 0.25) is 0 Å². The first-order valence-corrected chi connectivity index (χ1v) is 5.15. The average molecular weight is 189 g/mol. The van der Waals surface area contributed by atoms with E-state index >= 15 is 0 Å². The van der Waals surface area contributed by atoms with Gasteiger partial charge in [0.05, 0.1) is 6.61 Å². The summed E-state index contributed by atoms with van der Waals surface area (Å²) in [5, 5.41) is 3.37. The number of methoxy groups -OCH3 is 1. The van der Waals surface area contributed by atoms with Gasteiger partial charge in [-0.3, -0.25) is 0 Å². The highest BCUT2D eigenvalue weighted by atomic mass is 16.5. The Bertz CT molecular complexity index is 98.9. The molecular weight excluding hydrogens is 166 g/mol. The number of rotatable bonds is 9. The Balaban J connectivity index is 3.17. The van der Waals surface area contributed by atoms with E-state index in [0.717, 1.165) is 39.2 Å². The lowest BCUT2D eigenvalue weighted by Gasteiger charge is -2.15. The standard InChI is InChI=1S/C10H23NO2/c1-4-10(11-5-2)9-13-8-6-7-12-3/h10-11H,4-9H2,1-3H3. The molecule has 0 bridgehead atoms. The highest BCUT2D eigenvalue weighted by Crippen LogP contribution is 1.93. The third-order valence-corrected chi connectivity index (χ3v) is 1.94. The topological polar surface area (TPSA) is 30.5 Å². The number of hydrogen-bond donors (Lipinski definition) is 1. The molecule has 0 aliphatic heterocycles. The third-order valence-electron chi connectivity index (χ3n) is 1.94. The van der Waals surface area contributed by atoms with Gasteiger partial charge < -0.3 is 14.8 Å². The fourth-order valence-electron chi connectivity index (χ4n) is 1.14. The molecule has 0 aromatic heterocycles. The first kappa shape index (κ1) is 12.9. The molecular formula is C10H23NO2. The number of likely N-dealkylation sites (N-methyl/N-ethyl adjacent to an activating group) is 1. The molecule has 0 saturated heterocycles. The molecule has 0 radical (unpaired) electrons. The fraction of sp³-hybridized carbons (Fsp3) is 1.00. The van der Waals surface area contributed by atoms with Crippen molar-refractivity contribution in [2.24, 2.45) is 0 Å². The molecule has 1 N–H and O–H groups in total. The van der Waals surface area contributed by atoms with Crippen molar-refractivity contribution in [3.8, 4) is 0 Å². The summed E-state index contributed by atoms with van der Waals surface area (Å²) in [6, 6.07) is 0.507. The van der Waals surface area contributed by atoms with Crippen molar-refractivity contribution in [3.63, 3.8) is 0 Å².